The van der Waals surface area contributed by atoms with E-state index in [4.69, 9.17) is 10.5 Å². The highest BCUT2D eigenvalue weighted by Gasteiger charge is 2.29. The lowest BCUT2D eigenvalue weighted by molar-refractivity contribution is 0.0787. The summed E-state index contributed by atoms with van der Waals surface area (Å²) in [6, 6.07) is 11.5. The highest BCUT2D eigenvalue weighted by molar-refractivity contribution is 7.89. The van der Waals surface area contributed by atoms with E-state index >= 15 is 0 Å². The highest BCUT2D eigenvalue weighted by Crippen LogP contribution is 2.41. The predicted octanol–water partition coefficient (Wildman–Crippen LogP) is 6.29. The molecule has 0 atom stereocenters. The molecule has 0 radical (unpaired) electrons. The summed E-state index contributed by atoms with van der Waals surface area (Å²) in [6.45, 7) is 5.48. The molecular weight excluding hydrogens is 541 g/mol. The second-order valence-electron chi connectivity index (χ2n) is 10.6. The molecule has 3 N–H and O–H groups in total. The van der Waals surface area contributed by atoms with Crippen LogP contribution in [0.15, 0.2) is 53.0 Å². The number of benzene rings is 2. The molecule has 200 valence electrons. The molecule has 2 heterocycles. The van der Waals surface area contributed by atoms with Gasteiger partial charge in [0.1, 0.15) is 6.10 Å². The third-order valence-corrected chi connectivity index (χ3v) is 10.3. The molecule has 5 rings (SSSR count). The van der Waals surface area contributed by atoms with Crippen LogP contribution in [-0.2, 0) is 14.8 Å². The molecule has 1 aliphatic rings. The summed E-state index contributed by atoms with van der Waals surface area (Å²) in [5.74, 6) is 0.236. The monoisotopic (exact) mass is 570 g/mol. The van der Waals surface area contributed by atoms with Crippen molar-refractivity contribution in [3.63, 3.8) is 0 Å². The van der Waals surface area contributed by atoms with Gasteiger partial charge in [-0.15, -0.1) is 22.7 Å². The number of fused-ring (bicyclic) bond motifs is 1. The molecular formula is C27H30N4O4S3. The quantitative estimate of drug-likeness (QED) is 0.281. The summed E-state index contributed by atoms with van der Waals surface area (Å²) < 4.78 is 36.3. The molecule has 0 unspecified atom stereocenters. The number of amides is 1. The summed E-state index contributed by atoms with van der Waals surface area (Å²) in [4.78, 5) is 21.1. The van der Waals surface area contributed by atoms with Gasteiger partial charge in [-0.2, -0.15) is 0 Å². The third kappa shape index (κ3) is 5.90. The number of ether oxygens (including phenoxy) is 1. The fourth-order valence-corrected chi connectivity index (χ4v) is 8.39. The third-order valence-electron chi connectivity index (χ3n) is 6.47. The van der Waals surface area contributed by atoms with E-state index in [9.17, 15) is 13.2 Å². The van der Waals surface area contributed by atoms with Crippen LogP contribution in [0, 0.1) is 0 Å². The Labute approximate surface area is 230 Å². The molecule has 4 aromatic rings. The molecule has 1 fully saturated rings. The van der Waals surface area contributed by atoms with Gasteiger partial charge in [-0.25, -0.2) is 27.9 Å². The van der Waals surface area contributed by atoms with Crippen LogP contribution in [0.2, 0.25) is 0 Å². The average Bonchev–Trinajstić information content (AvgIpc) is 3.52. The van der Waals surface area contributed by atoms with Crippen LogP contribution >= 0.6 is 22.7 Å². The summed E-state index contributed by atoms with van der Waals surface area (Å²) in [5, 5.41) is 0.962. The molecule has 1 amide bonds. The number of hydrogen-bond donors (Lipinski definition) is 2. The van der Waals surface area contributed by atoms with Crippen molar-refractivity contribution in [1.29, 1.82) is 0 Å². The molecule has 0 bridgehead atoms. The second kappa shape index (κ2) is 10.4. The first-order chi connectivity index (χ1) is 18.0. The van der Waals surface area contributed by atoms with Gasteiger partial charge in [0.25, 0.3) is 0 Å². The van der Waals surface area contributed by atoms with E-state index in [-0.39, 0.29) is 16.9 Å². The Kier molecular flexibility index (Phi) is 7.29. The summed E-state index contributed by atoms with van der Waals surface area (Å²) in [5.41, 5.74) is 9.62. The van der Waals surface area contributed by atoms with Gasteiger partial charge in [0.05, 0.1) is 30.5 Å². The molecule has 38 heavy (non-hydrogen) atoms. The van der Waals surface area contributed by atoms with Crippen LogP contribution in [0.25, 0.3) is 31.8 Å². The van der Waals surface area contributed by atoms with E-state index in [1.54, 1.807) is 29.1 Å². The standard InChI is InChI=1S/C27H30N4O4S3/c1-27(2,3)31-38(33,34)24-13-18(17-7-11-21-22(12-17)36-15-30-21)6-10-20(24)23-14-29-25(37-23)16-4-8-19(9-5-16)35-26(28)32/h6-7,10-16,19,31H,4-5,8-9H2,1-3H3,(H2,28,32). The lowest BCUT2D eigenvalue weighted by Gasteiger charge is -2.26. The number of thiazole rings is 2. The maximum atomic E-state index is 13.6. The first kappa shape index (κ1) is 26.7. The number of carbonyl (C=O) groups excluding carboxylic acids is 1. The molecule has 0 aliphatic heterocycles. The van der Waals surface area contributed by atoms with Gasteiger partial charge in [-0.05, 0) is 75.8 Å². The van der Waals surface area contributed by atoms with E-state index < -0.39 is 21.7 Å². The lowest BCUT2D eigenvalue weighted by Crippen LogP contribution is -2.40. The smallest absolute Gasteiger partial charge is 0.404 e. The van der Waals surface area contributed by atoms with Crippen molar-refractivity contribution >= 4 is 49.0 Å². The van der Waals surface area contributed by atoms with Crippen molar-refractivity contribution in [2.75, 3.05) is 0 Å². The number of primary amides is 1. The number of hydrogen-bond acceptors (Lipinski definition) is 8. The molecule has 2 aromatic carbocycles. The Bertz CT molecular complexity index is 1580. The Morgan fingerprint density at radius 2 is 1.76 bits per heavy atom. The fourth-order valence-electron chi connectivity index (χ4n) is 4.81. The maximum Gasteiger partial charge on any atom is 0.404 e. The van der Waals surface area contributed by atoms with Crippen molar-refractivity contribution in [2.45, 2.75) is 68.9 Å². The Morgan fingerprint density at radius 1 is 1.05 bits per heavy atom. The van der Waals surface area contributed by atoms with Gasteiger partial charge in [0, 0.05) is 23.2 Å². The first-order valence-corrected chi connectivity index (χ1v) is 15.6. The minimum absolute atomic E-state index is 0.153. The zero-order valence-corrected chi connectivity index (χ0v) is 23.9. The van der Waals surface area contributed by atoms with Gasteiger partial charge in [-0.1, -0.05) is 18.2 Å². The van der Waals surface area contributed by atoms with Gasteiger partial charge in [-0.3, -0.25) is 0 Å². The summed E-state index contributed by atoms with van der Waals surface area (Å²) in [6.07, 6.45) is 4.01. The van der Waals surface area contributed by atoms with Crippen LogP contribution in [0.3, 0.4) is 0 Å². The van der Waals surface area contributed by atoms with Crippen LogP contribution in [0.1, 0.15) is 57.4 Å². The van der Waals surface area contributed by atoms with Crippen LogP contribution in [-0.4, -0.2) is 36.1 Å². The summed E-state index contributed by atoms with van der Waals surface area (Å²) in [7, 11) is -3.83. The number of sulfonamides is 1. The first-order valence-electron chi connectivity index (χ1n) is 12.4. The zero-order valence-electron chi connectivity index (χ0n) is 21.4. The molecule has 0 saturated heterocycles. The molecule has 8 nitrogen and oxygen atoms in total. The SMILES string of the molecule is CC(C)(C)NS(=O)(=O)c1cc(-c2ccc3ncsc3c2)ccc1-c1cnc(C2CCC(OC(N)=O)CC2)s1. The Hall–Kier alpha value is -2.86. The zero-order chi connectivity index (χ0) is 27.1. The molecule has 1 saturated carbocycles. The number of carbonyl (C=O) groups is 1. The largest absolute Gasteiger partial charge is 0.446 e. The number of nitrogens with one attached hydrogen (secondary N) is 1. The number of aromatic nitrogens is 2. The van der Waals surface area contributed by atoms with E-state index in [0.29, 0.717) is 5.56 Å². The molecule has 2 aromatic heterocycles. The minimum Gasteiger partial charge on any atom is -0.446 e. The van der Waals surface area contributed by atoms with Gasteiger partial charge < -0.3 is 10.5 Å². The van der Waals surface area contributed by atoms with Crippen LogP contribution in [0.4, 0.5) is 4.79 Å². The van der Waals surface area contributed by atoms with Gasteiger partial charge in [0.15, 0.2) is 0 Å². The maximum absolute atomic E-state index is 13.6. The highest BCUT2D eigenvalue weighted by atomic mass is 32.2. The second-order valence-corrected chi connectivity index (χ2v) is 14.2. The van der Waals surface area contributed by atoms with E-state index in [2.05, 4.69) is 14.7 Å². The van der Waals surface area contributed by atoms with E-state index in [1.165, 1.54) is 11.3 Å². The molecule has 0 spiro atoms. The number of nitrogens with zero attached hydrogens (tertiary/aromatic N) is 2. The molecule has 11 heteroatoms. The van der Waals surface area contributed by atoms with Crippen molar-refractivity contribution < 1.29 is 17.9 Å². The number of nitrogens with two attached hydrogens (primary N) is 1. The number of rotatable bonds is 6. The van der Waals surface area contributed by atoms with Crippen LogP contribution in [0.5, 0.6) is 0 Å². The van der Waals surface area contributed by atoms with Crippen molar-refractivity contribution in [3.8, 4) is 21.6 Å². The normalized spacial score (nSPS) is 18.5. The van der Waals surface area contributed by atoms with Gasteiger partial charge in [0.2, 0.25) is 10.0 Å². The Morgan fingerprint density at radius 3 is 2.47 bits per heavy atom. The minimum atomic E-state index is -3.83. The lowest BCUT2D eigenvalue weighted by atomic mass is 9.88. The van der Waals surface area contributed by atoms with Gasteiger partial charge >= 0.3 is 6.09 Å². The van der Waals surface area contributed by atoms with E-state index in [0.717, 1.165) is 56.9 Å². The van der Waals surface area contributed by atoms with Crippen molar-refractivity contribution in [3.05, 3.63) is 53.1 Å². The fraction of sp³-hybridized carbons (Fsp3) is 0.370. The summed E-state index contributed by atoms with van der Waals surface area (Å²) >= 11 is 3.07. The molecule has 1 aliphatic carbocycles. The topological polar surface area (TPSA) is 124 Å². The Balaban J connectivity index is 1.50. The van der Waals surface area contributed by atoms with E-state index in [1.807, 2.05) is 51.1 Å². The van der Waals surface area contributed by atoms with Crippen molar-refractivity contribution in [1.82, 2.24) is 14.7 Å². The van der Waals surface area contributed by atoms with Crippen molar-refractivity contribution in [2.24, 2.45) is 5.73 Å². The predicted molar refractivity (Wildman–Crippen MR) is 152 cm³/mol. The average molecular weight is 571 g/mol. The van der Waals surface area contributed by atoms with Crippen LogP contribution < -0.4 is 10.5 Å².